The van der Waals surface area contributed by atoms with Crippen LogP contribution >= 0.6 is 11.3 Å². The third kappa shape index (κ3) is 3.65. The molecule has 0 unspecified atom stereocenters. The second kappa shape index (κ2) is 7.16. The maximum Gasteiger partial charge on any atom is 0.263 e. The maximum atomic E-state index is 13.9. The van der Waals surface area contributed by atoms with Crippen molar-refractivity contribution < 1.29 is 13.9 Å². The Hall–Kier alpha value is -3.26. The average molecular weight is 382 g/mol. The highest BCUT2D eigenvalue weighted by Crippen LogP contribution is 2.28. The molecular weight excluding hydrogens is 367 g/mol. The van der Waals surface area contributed by atoms with Crippen molar-refractivity contribution in [2.75, 3.05) is 11.9 Å². The van der Waals surface area contributed by atoms with Crippen LogP contribution in [0.3, 0.4) is 0 Å². The fraction of sp³-hybridized carbons (Fsp3) is 0.105. The molecule has 4 rings (SSSR count). The van der Waals surface area contributed by atoms with Crippen LogP contribution in [0.1, 0.15) is 5.69 Å². The average Bonchev–Trinajstić information content (AvgIpc) is 3.25. The first-order chi connectivity index (χ1) is 13.1. The van der Waals surface area contributed by atoms with Crippen molar-refractivity contribution in [3.05, 3.63) is 66.1 Å². The Morgan fingerprint density at radius 3 is 2.81 bits per heavy atom. The zero-order valence-corrected chi connectivity index (χ0v) is 15.2. The van der Waals surface area contributed by atoms with Crippen LogP contribution in [0.4, 0.5) is 10.2 Å². The lowest BCUT2D eigenvalue weighted by Gasteiger charge is -2.08. The summed E-state index contributed by atoms with van der Waals surface area (Å²) in [5.41, 5.74) is 0.990. The number of benzene rings is 2. The quantitative estimate of drug-likeness (QED) is 0.568. The summed E-state index contributed by atoms with van der Waals surface area (Å²) in [7, 11) is 0. The number of anilines is 1. The SMILES string of the molecule is Cc1cc(NC(=O)COc2ccccc2)n(-c2nc3c(F)cccc3s2)n1. The molecule has 2 heterocycles. The molecule has 0 saturated carbocycles. The van der Waals surface area contributed by atoms with Gasteiger partial charge in [-0.1, -0.05) is 35.6 Å². The van der Waals surface area contributed by atoms with Gasteiger partial charge in [-0.15, -0.1) is 0 Å². The topological polar surface area (TPSA) is 69.0 Å². The number of aryl methyl sites for hydroxylation is 1. The van der Waals surface area contributed by atoms with Crippen LogP contribution in [0.15, 0.2) is 54.6 Å². The molecule has 0 saturated heterocycles. The Balaban J connectivity index is 1.55. The predicted molar refractivity (Wildman–Crippen MR) is 102 cm³/mol. The Labute approximate surface area is 158 Å². The van der Waals surface area contributed by atoms with E-state index in [1.807, 2.05) is 18.2 Å². The largest absolute Gasteiger partial charge is 0.484 e. The highest BCUT2D eigenvalue weighted by atomic mass is 32.1. The fourth-order valence-electron chi connectivity index (χ4n) is 2.57. The Bertz CT molecular complexity index is 1110. The molecule has 0 aliphatic rings. The van der Waals surface area contributed by atoms with E-state index in [2.05, 4.69) is 15.4 Å². The van der Waals surface area contributed by atoms with Gasteiger partial charge in [0.05, 0.1) is 10.4 Å². The number of carbonyl (C=O) groups is 1. The van der Waals surface area contributed by atoms with E-state index in [9.17, 15) is 9.18 Å². The van der Waals surface area contributed by atoms with Crippen LogP contribution in [0.2, 0.25) is 0 Å². The molecule has 0 spiro atoms. The van der Waals surface area contributed by atoms with Gasteiger partial charge >= 0.3 is 0 Å². The van der Waals surface area contributed by atoms with E-state index in [0.717, 1.165) is 0 Å². The monoisotopic (exact) mass is 382 g/mol. The number of nitrogens with zero attached hydrogens (tertiary/aromatic N) is 3. The number of hydrogen-bond donors (Lipinski definition) is 1. The lowest BCUT2D eigenvalue weighted by molar-refractivity contribution is -0.118. The van der Waals surface area contributed by atoms with Crippen molar-refractivity contribution in [3.8, 4) is 10.9 Å². The molecule has 0 radical (unpaired) electrons. The number of carbonyl (C=O) groups excluding carboxylic acids is 1. The summed E-state index contributed by atoms with van der Waals surface area (Å²) in [5.74, 6) is 0.348. The van der Waals surface area contributed by atoms with E-state index in [0.29, 0.717) is 27.1 Å². The molecule has 0 fully saturated rings. The van der Waals surface area contributed by atoms with E-state index in [1.54, 1.807) is 37.3 Å². The zero-order chi connectivity index (χ0) is 18.8. The van der Waals surface area contributed by atoms with Gasteiger partial charge in [0.1, 0.15) is 22.9 Å². The van der Waals surface area contributed by atoms with Gasteiger partial charge in [0.15, 0.2) is 6.61 Å². The standard InChI is InChI=1S/C19H15FN4O2S/c1-12-10-16(21-17(25)11-26-13-6-3-2-4-7-13)24(23-12)19-22-18-14(20)8-5-9-15(18)27-19/h2-10H,11H2,1H3,(H,21,25). The Kier molecular flexibility index (Phi) is 4.55. The highest BCUT2D eigenvalue weighted by Gasteiger charge is 2.16. The first kappa shape index (κ1) is 17.2. The van der Waals surface area contributed by atoms with Crippen LogP contribution in [0, 0.1) is 12.7 Å². The minimum Gasteiger partial charge on any atom is -0.484 e. The maximum absolute atomic E-state index is 13.9. The second-order valence-electron chi connectivity index (χ2n) is 5.82. The molecule has 1 amide bonds. The molecule has 0 aliphatic carbocycles. The lowest BCUT2D eigenvalue weighted by Crippen LogP contribution is -2.21. The predicted octanol–water partition coefficient (Wildman–Crippen LogP) is 3.95. The molecule has 4 aromatic rings. The van der Waals surface area contributed by atoms with E-state index in [4.69, 9.17) is 4.74 Å². The van der Waals surface area contributed by atoms with Crippen LogP contribution < -0.4 is 10.1 Å². The minimum atomic E-state index is -0.388. The zero-order valence-electron chi connectivity index (χ0n) is 14.3. The van der Waals surface area contributed by atoms with Crippen molar-refractivity contribution in [1.29, 1.82) is 0 Å². The molecule has 0 bridgehead atoms. The first-order valence-electron chi connectivity index (χ1n) is 8.20. The van der Waals surface area contributed by atoms with Gasteiger partial charge in [-0.3, -0.25) is 4.79 Å². The summed E-state index contributed by atoms with van der Waals surface area (Å²) < 4.78 is 21.6. The van der Waals surface area contributed by atoms with Crippen LogP contribution in [0.25, 0.3) is 15.3 Å². The summed E-state index contributed by atoms with van der Waals surface area (Å²) in [6.45, 7) is 1.67. The molecule has 0 aliphatic heterocycles. The Morgan fingerprint density at radius 2 is 2.04 bits per heavy atom. The van der Waals surface area contributed by atoms with Gasteiger partial charge in [0.2, 0.25) is 5.13 Å². The fourth-order valence-corrected chi connectivity index (χ4v) is 3.52. The first-order valence-corrected chi connectivity index (χ1v) is 9.01. The van der Waals surface area contributed by atoms with Crippen LogP contribution in [0.5, 0.6) is 5.75 Å². The van der Waals surface area contributed by atoms with Crippen molar-refractivity contribution in [3.63, 3.8) is 0 Å². The molecule has 1 N–H and O–H groups in total. The van der Waals surface area contributed by atoms with Crippen LogP contribution in [-0.4, -0.2) is 27.3 Å². The molecule has 2 aromatic carbocycles. The van der Waals surface area contributed by atoms with Gasteiger partial charge in [-0.05, 0) is 31.2 Å². The molecule has 136 valence electrons. The van der Waals surface area contributed by atoms with Crippen molar-refractivity contribution in [1.82, 2.24) is 14.8 Å². The molecule has 8 heteroatoms. The number of rotatable bonds is 5. The van der Waals surface area contributed by atoms with Crippen molar-refractivity contribution in [2.24, 2.45) is 0 Å². The van der Waals surface area contributed by atoms with E-state index < -0.39 is 0 Å². The smallest absolute Gasteiger partial charge is 0.263 e. The van der Waals surface area contributed by atoms with Gasteiger partial charge in [-0.2, -0.15) is 9.78 Å². The molecular formula is C19H15FN4O2S. The number of thiazole rings is 1. The minimum absolute atomic E-state index is 0.136. The van der Waals surface area contributed by atoms with Crippen LogP contribution in [-0.2, 0) is 4.79 Å². The summed E-state index contributed by atoms with van der Waals surface area (Å²) in [4.78, 5) is 16.6. The number of halogens is 1. The lowest BCUT2D eigenvalue weighted by atomic mass is 10.3. The van der Waals surface area contributed by atoms with Gasteiger partial charge in [0.25, 0.3) is 5.91 Å². The highest BCUT2D eigenvalue weighted by molar-refractivity contribution is 7.20. The van der Waals surface area contributed by atoms with Crippen molar-refractivity contribution in [2.45, 2.75) is 6.92 Å². The number of nitrogens with one attached hydrogen (secondary N) is 1. The van der Waals surface area contributed by atoms with E-state index in [1.165, 1.54) is 22.1 Å². The van der Waals surface area contributed by atoms with Gasteiger partial charge in [-0.25, -0.2) is 9.37 Å². The Morgan fingerprint density at radius 1 is 1.22 bits per heavy atom. The normalized spacial score (nSPS) is 10.9. The number of fused-ring (bicyclic) bond motifs is 1. The van der Waals surface area contributed by atoms with E-state index in [-0.39, 0.29) is 23.8 Å². The van der Waals surface area contributed by atoms with E-state index >= 15 is 0 Å². The molecule has 6 nitrogen and oxygen atoms in total. The third-order valence-corrected chi connectivity index (χ3v) is 4.75. The van der Waals surface area contributed by atoms with Crippen molar-refractivity contribution >= 4 is 33.3 Å². The van der Waals surface area contributed by atoms with Gasteiger partial charge < -0.3 is 10.1 Å². The number of amides is 1. The molecule has 2 aromatic heterocycles. The number of ether oxygens (including phenoxy) is 1. The summed E-state index contributed by atoms with van der Waals surface area (Å²) in [5, 5.41) is 7.61. The second-order valence-corrected chi connectivity index (χ2v) is 6.82. The summed E-state index contributed by atoms with van der Waals surface area (Å²) in [6, 6.07) is 15.6. The molecule has 27 heavy (non-hydrogen) atoms. The number of para-hydroxylation sites is 2. The molecule has 0 atom stereocenters. The number of hydrogen-bond acceptors (Lipinski definition) is 5. The van der Waals surface area contributed by atoms with Gasteiger partial charge in [0, 0.05) is 6.07 Å². The third-order valence-electron chi connectivity index (χ3n) is 3.75. The summed E-state index contributed by atoms with van der Waals surface area (Å²) >= 11 is 1.30. The number of aromatic nitrogens is 3. The summed E-state index contributed by atoms with van der Waals surface area (Å²) in [6.07, 6.45) is 0.